The topological polar surface area (TPSA) is 110 Å². The van der Waals surface area contributed by atoms with E-state index >= 15 is 0 Å². The lowest BCUT2D eigenvalue weighted by Gasteiger charge is -2.18. The van der Waals surface area contributed by atoms with E-state index in [1.165, 1.54) is 46.8 Å². The van der Waals surface area contributed by atoms with Gasteiger partial charge in [0, 0.05) is 24.3 Å². The average molecular weight is 410 g/mol. The van der Waals surface area contributed by atoms with Crippen molar-refractivity contribution in [3.63, 3.8) is 0 Å². The summed E-state index contributed by atoms with van der Waals surface area (Å²) in [5, 5.41) is 2.76. The molecule has 0 aliphatic rings. The minimum atomic E-state index is -3.58. The number of carbonyl (C=O) groups excluding carboxylic acids is 2. The summed E-state index contributed by atoms with van der Waals surface area (Å²) < 4.78 is 26.3. The molecule has 0 saturated heterocycles. The van der Waals surface area contributed by atoms with Crippen LogP contribution in [0.3, 0.4) is 0 Å². The Morgan fingerprint density at radius 3 is 2.15 bits per heavy atom. The molecular weight excluding hydrogens is 390 g/mol. The molecule has 2 amide bonds. The number of anilines is 1. The third-order valence-corrected chi connectivity index (χ3v) is 6.33. The molecule has 2 aromatic carbocycles. The molecule has 0 heterocycles. The zero-order valence-corrected chi connectivity index (χ0v) is 16.5. The SMILES string of the molecule is CCN(CC)S(=O)(=O)c1ccc(C(=O)Nc2ccc(C(N)=O)c(Cl)c2)cc1. The summed E-state index contributed by atoms with van der Waals surface area (Å²) in [4.78, 5) is 23.6. The predicted molar refractivity (Wildman–Crippen MR) is 104 cm³/mol. The molecule has 2 rings (SSSR count). The molecule has 7 nitrogen and oxygen atoms in total. The van der Waals surface area contributed by atoms with E-state index in [9.17, 15) is 18.0 Å². The molecule has 0 saturated carbocycles. The van der Waals surface area contributed by atoms with Gasteiger partial charge in [0.05, 0.1) is 15.5 Å². The predicted octanol–water partition coefficient (Wildman–Crippen LogP) is 2.72. The van der Waals surface area contributed by atoms with Crippen LogP contribution in [0, 0.1) is 0 Å². The van der Waals surface area contributed by atoms with Crippen molar-refractivity contribution in [3.8, 4) is 0 Å². The molecule has 144 valence electrons. The first-order valence-electron chi connectivity index (χ1n) is 8.21. The van der Waals surface area contributed by atoms with E-state index in [2.05, 4.69) is 5.32 Å². The Kier molecular flexibility index (Phi) is 6.59. The van der Waals surface area contributed by atoms with Crippen molar-refractivity contribution in [3.05, 3.63) is 58.6 Å². The van der Waals surface area contributed by atoms with E-state index in [4.69, 9.17) is 17.3 Å². The van der Waals surface area contributed by atoms with Gasteiger partial charge in [0.25, 0.3) is 5.91 Å². The van der Waals surface area contributed by atoms with Gasteiger partial charge in [-0.05, 0) is 42.5 Å². The maximum atomic E-state index is 12.5. The van der Waals surface area contributed by atoms with Gasteiger partial charge in [-0.1, -0.05) is 25.4 Å². The number of nitrogens with two attached hydrogens (primary N) is 1. The van der Waals surface area contributed by atoms with Crippen molar-refractivity contribution in [2.45, 2.75) is 18.7 Å². The summed E-state index contributed by atoms with van der Waals surface area (Å²) in [5.74, 6) is -1.10. The molecule has 0 unspecified atom stereocenters. The van der Waals surface area contributed by atoms with Gasteiger partial charge in [0.15, 0.2) is 0 Å². The van der Waals surface area contributed by atoms with Crippen LogP contribution in [0.2, 0.25) is 5.02 Å². The number of rotatable bonds is 7. The Labute approximate surface area is 163 Å². The first-order valence-corrected chi connectivity index (χ1v) is 10.0. The fraction of sp³-hybridized carbons (Fsp3) is 0.222. The highest BCUT2D eigenvalue weighted by atomic mass is 35.5. The number of sulfonamides is 1. The molecule has 0 radical (unpaired) electrons. The number of hydrogen-bond acceptors (Lipinski definition) is 4. The Morgan fingerprint density at radius 1 is 1.07 bits per heavy atom. The van der Waals surface area contributed by atoms with Gasteiger partial charge in [0.2, 0.25) is 15.9 Å². The van der Waals surface area contributed by atoms with E-state index in [-0.39, 0.29) is 21.0 Å². The Balaban J connectivity index is 2.19. The van der Waals surface area contributed by atoms with E-state index in [0.29, 0.717) is 18.8 Å². The second-order valence-electron chi connectivity index (χ2n) is 5.63. The third kappa shape index (κ3) is 4.65. The smallest absolute Gasteiger partial charge is 0.255 e. The number of nitrogens with one attached hydrogen (secondary N) is 1. The van der Waals surface area contributed by atoms with E-state index in [1.54, 1.807) is 13.8 Å². The maximum absolute atomic E-state index is 12.5. The normalized spacial score (nSPS) is 11.4. The van der Waals surface area contributed by atoms with Crippen molar-refractivity contribution in [1.29, 1.82) is 0 Å². The van der Waals surface area contributed by atoms with E-state index in [1.807, 2.05) is 0 Å². The molecule has 9 heteroatoms. The molecule has 0 aliphatic heterocycles. The van der Waals surface area contributed by atoms with Gasteiger partial charge >= 0.3 is 0 Å². The van der Waals surface area contributed by atoms with Crippen LogP contribution in [-0.2, 0) is 10.0 Å². The lowest BCUT2D eigenvalue weighted by Crippen LogP contribution is -2.30. The zero-order chi connectivity index (χ0) is 20.2. The largest absolute Gasteiger partial charge is 0.366 e. The number of carbonyl (C=O) groups is 2. The van der Waals surface area contributed by atoms with Crippen molar-refractivity contribution in [1.82, 2.24) is 4.31 Å². The van der Waals surface area contributed by atoms with Gasteiger partial charge in [-0.15, -0.1) is 0 Å². The van der Waals surface area contributed by atoms with Gasteiger partial charge in [-0.2, -0.15) is 4.31 Å². The van der Waals surface area contributed by atoms with Crippen LogP contribution in [0.5, 0.6) is 0 Å². The van der Waals surface area contributed by atoms with Crippen LogP contribution in [-0.4, -0.2) is 37.6 Å². The molecular formula is C18H20ClN3O4S. The molecule has 0 atom stereocenters. The quantitative estimate of drug-likeness (QED) is 0.732. The van der Waals surface area contributed by atoms with Crippen molar-refractivity contribution < 1.29 is 18.0 Å². The summed E-state index contributed by atoms with van der Waals surface area (Å²) in [6.07, 6.45) is 0. The summed E-state index contributed by atoms with van der Waals surface area (Å²) >= 11 is 5.96. The lowest BCUT2D eigenvalue weighted by atomic mass is 10.1. The molecule has 2 aromatic rings. The molecule has 0 fully saturated rings. The summed E-state index contributed by atoms with van der Waals surface area (Å²) in [5.41, 5.74) is 6.00. The van der Waals surface area contributed by atoms with Crippen LogP contribution >= 0.6 is 11.6 Å². The summed E-state index contributed by atoms with van der Waals surface area (Å²) in [6, 6.07) is 10.00. The second kappa shape index (κ2) is 8.51. The van der Waals surface area contributed by atoms with Crippen molar-refractivity contribution in [2.75, 3.05) is 18.4 Å². The standard InChI is InChI=1S/C18H20ClN3O4S/c1-3-22(4-2)27(25,26)14-8-5-12(6-9-14)18(24)21-13-7-10-15(17(20)23)16(19)11-13/h5-11H,3-4H2,1-2H3,(H2,20,23)(H,21,24). The van der Waals surface area contributed by atoms with Crippen LogP contribution < -0.4 is 11.1 Å². The highest BCUT2D eigenvalue weighted by Gasteiger charge is 2.21. The summed E-state index contributed by atoms with van der Waals surface area (Å²) in [6.45, 7) is 4.25. The van der Waals surface area contributed by atoms with Gasteiger partial charge in [-0.25, -0.2) is 8.42 Å². The Bertz CT molecular complexity index is 955. The lowest BCUT2D eigenvalue weighted by molar-refractivity contribution is 0.0998. The minimum Gasteiger partial charge on any atom is -0.366 e. The molecule has 0 bridgehead atoms. The monoisotopic (exact) mass is 409 g/mol. The minimum absolute atomic E-state index is 0.122. The zero-order valence-electron chi connectivity index (χ0n) is 14.9. The number of halogens is 1. The van der Waals surface area contributed by atoms with Gasteiger partial charge in [0.1, 0.15) is 0 Å². The van der Waals surface area contributed by atoms with E-state index in [0.717, 1.165) is 0 Å². The maximum Gasteiger partial charge on any atom is 0.255 e. The first-order chi connectivity index (χ1) is 12.7. The molecule has 3 N–H and O–H groups in total. The number of amides is 2. The van der Waals surface area contributed by atoms with Crippen LogP contribution in [0.1, 0.15) is 34.6 Å². The number of primary amides is 1. The van der Waals surface area contributed by atoms with Crippen LogP contribution in [0.25, 0.3) is 0 Å². The summed E-state index contributed by atoms with van der Waals surface area (Å²) in [7, 11) is -3.58. The first kappa shape index (κ1) is 20.9. The van der Waals surface area contributed by atoms with E-state index < -0.39 is 21.8 Å². The Hall–Kier alpha value is -2.42. The Morgan fingerprint density at radius 2 is 1.67 bits per heavy atom. The van der Waals surface area contributed by atoms with Gasteiger partial charge in [-0.3, -0.25) is 9.59 Å². The molecule has 0 aliphatic carbocycles. The van der Waals surface area contributed by atoms with Crippen LogP contribution in [0.4, 0.5) is 5.69 Å². The molecule has 0 spiro atoms. The third-order valence-electron chi connectivity index (χ3n) is 3.95. The average Bonchev–Trinajstić information content (AvgIpc) is 2.62. The van der Waals surface area contributed by atoms with Crippen LogP contribution in [0.15, 0.2) is 47.4 Å². The second-order valence-corrected chi connectivity index (χ2v) is 7.97. The highest BCUT2D eigenvalue weighted by Crippen LogP contribution is 2.22. The fourth-order valence-electron chi connectivity index (χ4n) is 2.49. The van der Waals surface area contributed by atoms with Crippen molar-refractivity contribution in [2.24, 2.45) is 5.73 Å². The number of nitrogens with zero attached hydrogens (tertiary/aromatic N) is 1. The molecule has 0 aromatic heterocycles. The number of hydrogen-bond donors (Lipinski definition) is 2. The highest BCUT2D eigenvalue weighted by molar-refractivity contribution is 7.89. The number of benzene rings is 2. The van der Waals surface area contributed by atoms with Gasteiger partial charge < -0.3 is 11.1 Å². The molecule has 27 heavy (non-hydrogen) atoms. The van der Waals surface area contributed by atoms with Crippen molar-refractivity contribution >= 4 is 39.1 Å². The fourth-order valence-corrected chi connectivity index (χ4v) is 4.22.